The second kappa shape index (κ2) is 6.60. The molecule has 0 rings (SSSR count). The van der Waals surface area contributed by atoms with Crippen molar-refractivity contribution in [2.45, 2.75) is 33.2 Å². The standard InChI is InChI=1S/C8H20O3Si/c1-4-6-10-12(3,8-9)11-7-5-2/h9H,4-8H2,1-3H3. The van der Waals surface area contributed by atoms with Crippen LogP contribution in [0.1, 0.15) is 26.7 Å². The van der Waals surface area contributed by atoms with Gasteiger partial charge in [0.2, 0.25) is 0 Å². The van der Waals surface area contributed by atoms with Crippen LogP contribution in [0, 0.1) is 0 Å². The molecule has 0 radical (unpaired) electrons. The third kappa shape index (κ3) is 4.87. The van der Waals surface area contributed by atoms with Crippen molar-refractivity contribution < 1.29 is 14.0 Å². The molecule has 4 heteroatoms. The summed E-state index contributed by atoms with van der Waals surface area (Å²) in [5.41, 5.74) is 0. The van der Waals surface area contributed by atoms with Gasteiger partial charge in [-0.25, -0.2) is 0 Å². The van der Waals surface area contributed by atoms with Crippen LogP contribution in [-0.2, 0) is 8.85 Å². The predicted molar refractivity (Wildman–Crippen MR) is 51.2 cm³/mol. The molecule has 12 heavy (non-hydrogen) atoms. The molecule has 0 spiro atoms. The van der Waals surface area contributed by atoms with Crippen LogP contribution in [0.15, 0.2) is 0 Å². The van der Waals surface area contributed by atoms with Crippen molar-refractivity contribution >= 4 is 8.56 Å². The molecule has 0 aliphatic rings. The molecule has 0 aromatic rings. The normalized spacial score (nSPS) is 12.0. The van der Waals surface area contributed by atoms with Crippen LogP contribution >= 0.6 is 0 Å². The lowest BCUT2D eigenvalue weighted by atomic mass is 10.5. The van der Waals surface area contributed by atoms with E-state index in [0.29, 0.717) is 13.2 Å². The summed E-state index contributed by atoms with van der Waals surface area (Å²) in [7, 11) is -2.21. The molecule has 0 aliphatic carbocycles. The fourth-order valence-electron chi connectivity index (χ4n) is 0.769. The molecule has 0 bridgehead atoms. The van der Waals surface area contributed by atoms with Crippen molar-refractivity contribution in [1.29, 1.82) is 0 Å². The van der Waals surface area contributed by atoms with E-state index < -0.39 is 8.56 Å². The first-order valence-electron chi connectivity index (χ1n) is 4.57. The van der Waals surface area contributed by atoms with E-state index in [-0.39, 0.29) is 6.23 Å². The summed E-state index contributed by atoms with van der Waals surface area (Å²) in [6, 6.07) is 0. The Morgan fingerprint density at radius 2 is 1.50 bits per heavy atom. The van der Waals surface area contributed by atoms with E-state index in [9.17, 15) is 0 Å². The van der Waals surface area contributed by atoms with Gasteiger partial charge in [0.25, 0.3) is 0 Å². The van der Waals surface area contributed by atoms with Gasteiger partial charge in [0.15, 0.2) is 0 Å². The highest BCUT2D eigenvalue weighted by molar-refractivity contribution is 6.65. The summed E-state index contributed by atoms with van der Waals surface area (Å²) in [6.45, 7) is 7.37. The lowest BCUT2D eigenvalue weighted by molar-refractivity contribution is 0.146. The number of hydrogen-bond donors (Lipinski definition) is 1. The van der Waals surface area contributed by atoms with E-state index in [2.05, 4.69) is 0 Å². The third-order valence-corrected chi connectivity index (χ3v) is 3.71. The third-order valence-electron chi connectivity index (χ3n) is 1.51. The molecular formula is C8H20O3Si. The van der Waals surface area contributed by atoms with Crippen molar-refractivity contribution in [3.63, 3.8) is 0 Å². The van der Waals surface area contributed by atoms with Gasteiger partial charge in [-0.2, -0.15) is 0 Å². The van der Waals surface area contributed by atoms with Crippen LogP contribution in [0.25, 0.3) is 0 Å². The molecule has 3 nitrogen and oxygen atoms in total. The molecule has 0 saturated heterocycles. The second-order valence-electron chi connectivity index (χ2n) is 2.99. The quantitative estimate of drug-likeness (QED) is 0.620. The first-order chi connectivity index (χ1) is 5.68. The molecule has 0 atom stereocenters. The van der Waals surface area contributed by atoms with Gasteiger partial charge in [-0.3, -0.25) is 0 Å². The van der Waals surface area contributed by atoms with E-state index in [1.165, 1.54) is 0 Å². The van der Waals surface area contributed by atoms with E-state index >= 15 is 0 Å². The summed E-state index contributed by atoms with van der Waals surface area (Å²) in [6.07, 6.45) is 1.99. The van der Waals surface area contributed by atoms with Crippen LogP contribution in [-0.4, -0.2) is 33.1 Å². The van der Waals surface area contributed by atoms with Crippen LogP contribution < -0.4 is 0 Å². The highest BCUT2D eigenvalue weighted by Crippen LogP contribution is 2.06. The second-order valence-corrected chi connectivity index (χ2v) is 6.15. The molecule has 0 saturated carbocycles. The summed E-state index contributed by atoms with van der Waals surface area (Å²) >= 11 is 0. The molecule has 1 N–H and O–H groups in total. The number of hydrogen-bond acceptors (Lipinski definition) is 3. The summed E-state index contributed by atoms with van der Waals surface area (Å²) in [5, 5.41) is 9.05. The molecule has 0 unspecified atom stereocenters. The van der Waals surface area contributed by atoms with Gasteiger partial charge in [-0.1, -0.05) is 13.8 Å². The first kappa shape index (κ1) is 12.1. The van der Waals surface area contributed by atoms with Crippen molar-refractivity contribution in [2.75, 3.05) is 19.4 Å². The summed E-state index contributed by atoms with van der Waals surface area (Å²) < 4.78 is 11.0. The molecule has 74 valence electrons. The van der Waals surface area contributed by atoms with Crippen molar-refractivity contribution in [1.82, 2.24) is 0 Å². The fraction of sp³-hybridized carbons (Fsp3) is 1.00. The van der Waals surface area contributed by atoms with Gasteiger partial charge < -0.3 is 14.0 Å². The van der Waals surface area contributed by atoms with Gasteiger partial charge in [0, 0.05) is 13.2 Å². The Kier molecular flexibility index (Phi) is 6.65. The highest BCUT2D eigenvalue weighted by Gasteiger charge is 2.29. The molecule has 0 amide bonds. The Morgan fingerprint density at radius 3 is 1.75 bits per heavy atom. The maximum Gasteiger partial charge on any atom is 0.361 e. The zero-order valence-electron chi connectivity index (χ0n) is 8.30. The average molecular weight is 192 g/mol. The van der Waals surface area contributed by atoms with Crippen molar-refractivity contribution in [2.24, 2.45) is 0 Å². The SMILES string of the molecule is CCCO[Si](C)(CO)OCCC. The van der Waals surface area contributed by atoms with Crippen LogP contribution in [0.2, 0.25) is 6.55 Å². The highest BCUT2D eigenvalue weighted by atomic mass is 28.4. The van der Waals surface area contributed by atoms with Gasteiger partial charge >= 0.3 is 8.56 Å². The van der Waals surface area contributed by atoms with E-state index in [4.69, 9.17) is 14.0 Å². The van der Waals surface area contributed by atoms with Crippen LogP contribution in [0.5, 0.6) is 0 Å². The topological polar surface area (TPSA) is 38.7 Å². The maximum atomic E-state index is 9.05. The van der Waals surface area contributed by atoms with Gasteiger partial charge in [0.1, 0.15) is 0 Å². The lowest BCUT2D eigenvalue weighted by Crippen LogP contribution is -2.43. The Hall–Kier alpha value is 0.0969. The number of aliphatic hydroxyl groups excluding tert-OH is 1. The fourth-order valence-corrected chi connectivity index (χ4v) is 2.31. The zero-order valence-corrected chi connectivity index (χ0v) is 9.30. The maximum absolute atomic E-state index is 9.05. The summed E-state index contributed by atoms with van der Waals surface area (Å²) in [4.78, 5) is 0. The van der Waals surface area contributed by atoms with E-state index in [1.807, 2.05) is 20.4 Å². The lowest BCUT2D eigenvalue weighted by Gasteiger charge is -2.24. The summed E-state index contributed by atoms with van der Waals surface area (Å²) in [5.74, 6) is 0. The minimum atomic E-state index is -2.21. The first-order valence-corrected chi connectivity index (χ1v) is 7.09. The average Bonchev–Trinajstić information content (AvgIpc) is 2.11. The van der Waals surface area contributed by atoms with Crippen LogP contribution in [0.4, 0.5) is 0 Å². The van der Waals surface area contributed by atoms with Crippen molar-refractivity contribution in [3.05, 3.63) is 0 Å². The predicted octanol–water partition coefficient (Wildman–Crippen LogP) is 1.44. The monoisotopic (exact) mass is 192 g/mol. The minimum Gasteiger partial charge on any atom is -0.394 e. The molecule has 0 aliphatic heterocycles. The molecule has 0 fully saturated rings. The van der Waals surface area contributed by atoms with E-state index in [1.54, 1.807) is 0 Å². The number of rotatable bonds is 7. The zero-order chi connectivity index (χ0) is 9.45. The largest absolute Gasteiger partial charge is 0.394 e. The Balaban J connectivity index is 3.70. The van der Waals surface area contributed by atoms with E-state index in [0.717, 1.165) is 12.8 Å². The van der Waals surface area contributed by atoms with Crippen molar-refractivity contribution in [3.8, 4) is 0 Å². The van der Waals surface area contributed by atoms with Gasteiger partial charge in [-0.15, -0.1) is 0 Å². The molecule has 0 aromatic carbocycles. The van der Waals surface area contributed by atoms with Gasteiger partial charge in [0.05, 0.1) is 6.23 Å². The molecule has 0 heterocycles. The smallest absolute Gasteiger partial charge is 0.361 e. The van der Waals surface area contributed by atoms with Gasteiger partial charge in [-0.05, 0) is 19.4 Å². The molecule has 0 aromatic heterocycles. The Morgan fingerprint density at radius 1 is 1.08 bits per heavy atom. The Bertz CT molecular complexity index is 100. The number of aliphatic hydroxyl groups is 1. The molecular weight excluding hydrogens is 172 g/mol. The Labute approximate surface area is 75.9 Å². The van der Waals surface area contributed by atoms with Crippen LogP contribution in [0.3, 0.4) is 0 Å². The minimum absolute atomic E-state index is 0.0486.